The van der Waals surface area contributed by atoms with Crippen molar-refractivity contribution in [2.75, 3.05) is 0 Å². The third-order valence-corrected chi connectivity index (χ3v) is 5.54. The van der Waals surface area contributed by atoms with E-state index in [4.69, 9.17) is 14.2 Å². The van der Waals surface area contributed by atoms with E-state index in [-0.39, 0.29) is 53.9 Å². The fourth-order valence-electron chi connectivity index (χ4n) is 3.24. The summed E-state index contributed by atoms with van der Waals surface area (Å²) in [6.07, 6.45) is 12.2. The van der Waals surface area contributed by atoms with Crippen LogP contribution in [-0.2, 0) is 18.6 Å². The van der Waals surface area contributed by atoms with E-state index in [2.05, 4.69) is 0 Å². The standard InChI is InChI=1S/C21H33O7P.Na/c1-5-6-7-8-9-10-18(22)17(4)19(28-29(24,25)26)13-11-15(2)21-16(3)12-14-20(23)27-21;/h5-10,12,14-19,21-22H,11,13H2,1-4H3,(H2,24,25,26);/q;+1/p-1/b6-5+,8-7-,10-9-;. The van der Waals surface area contributed by atoms with Crippen LogP contribution in [-0.4, -0.2) is 34.3 Å². The molecule has 0 aromatic rings. The first-order chi connectivity index (χ1) is 13.5. The Hall–Kier alpha value is -0.500. The van der Waals surface area contributed by atoms with Gasteiger partial charge in [-0.25, -0.2) is 4.79 Å². The van der Waals surface area contributed by atoms with Gasteiger partial charge in [-0.1, -0.05) is 63.3 Å². The fourth-order valence-corrected chi connectivity index (χ4v) is 3.88. The number of ether oxygens (including phenoxy) is 1. The van der Waals surface area contributed by atoms with E-state index in [1.165, 1.54) is 12.2 Å². The van der Waals surface area contributed by atoms with Gasteiger partial charge in [-0.15, -0.1) is 0 Å². The molecule has 9 heteroatoms. The predicted molar refractivity (Wildman–Crippen MR) is 110 cm³/mol. The second kappa shape index (κ2) is 14.5. The molecule has 164 valence electrons. The second-order valence-corrected chi connectivity index (χ2v) is 8.58. The van der Waals surface area contributed by atoms with Crippen molar-refractivity contribution < 1.29 is 63.1 Å². The maximum atomic E-state index is 11.5. The number of carbonyl (C=O) groups is 1. The maximum absolute atomic E-state index is 11.5. The largest absolute Gasteiger partial charge is 1.00 e. The second-order valence-electron chi connectivity index (χ2n) is 7.43. The molecule has 1 aliphatic heterocycles. The fraction of sp³-hybridized carbons (Fsp3) is 0.571. The smallest absolute Gasteiger partial charge is 0.756 e. The van der Waals surface area contributed by atoms with Crippen LogP contribution in [0.5, 0.6) is 0 Å². The molecule has 0 aromatic carbocycles. The zero-order valence-corrected chi connectivity index (χ0v) is 21.3. The van der Waals surface area contributed by atoms with Gasteiger partial charge in [0.15, 0.2) is 0 Å². The first kappa shape index (κ1) is 29.5. The Morgan fingerprint density at radius 3 is 2.50 bits per heavy atom. The molecule has 7 unspecified atom stereocenters. The van der Waals surface area contributed by atoms with Gasteiger partial charge in [-0.05, 0) is 25.7 Å². The average molecular weight is 450 g/mol. The summed E-state index contributed by atoms with van der Waals surface area (Å²) in [6.45, 7) is 7.39. The maximum Gasteiger partial charge on any atom is 1.00 e. The van der Waals surface area contributed by atoms with Crippen molar-refractivity contribution >= 4 is 13.8 Å². The van der Waals surface area contributed by atoms with Gasteiger partial charge in [-0.2, -0.15) is 0 Å². The molecule has 2 N–H and O–H groups in total. The number of aliphatic hydroxyl groups is 1. The summed E-state index contributed by atoms with van der Waals surface area (Å²) in [5.41, 5.74) is 0. The number of hydrogen-bond acceptors (Lipinski definition) is 6. The summed E-state index contributed by atoms with van der Waals surface area (Å²) in [5, 5.41) is 10.4. The predicted octanol–water partition coefficient (Wildman–Crippen LogP) is 0.0558. The zero-order valence-electron chi connectivity index (χ0n) is 18.4. The minimum absolute atomic E-state index is 0. The van der Waals surface area contributed by atoms with Crippen LogP contribution in [0.4, 0.5) is 0 Å². The Morgan fingerprint density at radius 1 is 1.27 bits per heavy atom. The molecule has 0 aromatic heterocycles. The van der Waals surface area contributed by atoms with Crippen molar-refractivity contribution in [2.24, 2.45) is 17.8 Å². The summed E-state index contributed by atoms with van der Waals surface area (Å²) in [7, 11) is -4.98. The molecular formula is C21H32NaO7P. The van der Waals surface area contributed by atoms with E-state index < -0.39 is 31.9 Å². The number of aliphatic hydroxyl groups excluding tert-OH is 1. The summed E-state index contributed by atoms with van der Waals surface area (Å²) in [6, 6.07) is 0. The van der Waals surface area contributed by atoms with E-state index in [9.17, 15) is 19.4 Å². The van der Waals surface area contributed by atoms with Gasteiger partial charge in [0.1, 0.15) is 6.10 Å². The van der Waals surface area contributed by atoms with Crippen molar-refractivity contribution in [3.63, 3.8) is 0 Å². The van der Waals surface area contributed by atoms with Gasteiger partial charge in [0.05, 0.1) is 12.2 Å². The van der Waals surface area contributed by atoms with E-state index in [0.29, 0.717) is 6.42 Å². The Labute approximate surface area is 201 Å². The topological polar surface area (TPSA) is 116 Å². The van der Waals surface area contributed by atoms with Crippen LogP contribution < -0.4 is 34.5 Å². The van der Waals surface area contributed by atoms with Gasteiger partial charge in [-0.3, -0.25) is 4.57 Å². The van der Waals surface area contributed by atoms with Crippen molar-refractivity contribution in [1.82, 2.24) is 0 Å². The average Bonchev–Trinajstić information content (AvgIpc) is 2.64. The number of allylic oxidation sites excluding steroid dienone is 5. The number of hydrogen-bond donors (Lipinski definition) is 2. The van der Waals surface area contributed by atoms with Crippen molar-refractivity contribution in [3.05, 3.63) is 48.6 Å². The number of esters is 1. The SMILES string of the molecule is C/C=C/C=C\C=C/C(O)C(C)C(CCC(C)C1OC(=O)C=CC1C)OP(=O)([O-])O.[Na+]. The van der Waals surface area contributed by atoms with E-state index in [1.54, 1.807) is 31.2 Å². The van der Waals surface area contributed by atoms with Crippen molar-refractivity contribution in [3.8, 4) is 0 Å². The van der Waals surface area contributed by atoms with Gasteiger partial charge in [0.2, 0.25) is 0 Å². The summed E-state index contributed by atoms with van der Waals surface area (Å²) in [4.78, 5) is 32.0. The van der Waals surface area contributed by atoms with Crippen LogP contribution in [0.2, 0.25) is 0 Å². The molecule has 0 radical (unpaired) electrons. The van der Waals surface area contributed by atoms with Crippen molar-refractivity contribution in [1.29, 1.82) is 0 Å². The van der Waals surface area contributed by atoms with Crippen LogP contribution in [0.1, 0.15) is 40.5 Å². The number of phosphoric ester groups is 1. The van der Waals surface area contributed by atoms with E-state index >= 15 is 0 Å². The van der Waals surface area contributed by atoms with Crippen LogP contribution in [0.15, 0.2) is 48.6 Å². The first-order valence-corrected chi connectivity index (χ1v) is 11.3. The zero-order chi connectivity index (χ0) is 22.0. The number of cyclic esters (lactones) is 1. The Kier molecular flexibility index (Phi) is 14.3. The molecule has 0 spiro atoms. The number of phosphoric acid groups is 1. The molecule has 0 bridgehead atoms. The summed E-state index contributed by atoms with van der Waals surface area (Å²) >= 11 is 0. The normalized spacial score (nSPS) is 25.6. The number of rotatable bonds is 11. The van der Waals surface area contributed by atoms with Crippen LogP contribution in [0.25, 0.3) is 0 Å². The summed E-state index contributed by atoms with van der Waals surface area (Å²) in [5.74, 6) is -1.000. The molecule has 1 aliphatic rings. The van der Waals surface area contributed by atoms with Gasteiger partial charge >= 0.3 is 35.5 Å². The first-order valence-electron chi connectivity index (χ1n) is 9.80. The molecule has 0 aliphatic carbocycles. The quantitative estimate of drug-likeness (QED) is 0.198. The molecule has 0 saturated carbocycles. The van der Waals surface area contributed by atoms with Gasteiger partial charge in [0.25, 0.3) is 7.82 Å². The van der Waals surface area contributed by atoms with Crippen LogP contribution in [0, 0.1) is 17.8 Å². The Bertz CT molecular complexity index is 683. The molecular weight excluding hydrogens is 418 g/mol. The van der Waals surface area contributed by atoms with Crippen LogP contribution in [0.3, 0.4) is 0 Å². The van der Waals surface area contributed by atoms with Crippen molar-refractivity contribution in [2.45, 2.75) is 58.8 Å². The Balaban J connectivity index is 0.00000841. The molecule has 0 saturated heterocycles. The van der Waals surface area contributed by atoms with E-state index in [0.717, 1.165) is 0 Å². The molecule has 0 amide bonds. The monoisotopic (exact) mass is 450 g/mol. The third-order valence-electron chi connectivity index (χ3n) is 5.00. The molecule has 1 rings (SSSR count). The Morgan fingerprint density at radius 2 is 1.90 bits per heavy atom. The third kappa shape index (κ3) is 11.2. The molecule has 30 heavy (non-hydrogen) atoms. The minimum atomic E-state index is -4.98. The minimum Gasteiger partial charge on any atom is -0.756 e. The molecule has 1 heterocycles. The molecule has 0 fully saturated rings. The summed E-state index contributed by atoms with van der Waals surface area (Å²) < 4.78 is 21.5. The molecule has 7 atom stereocenters. The van der Waals surface area contributed by atoms with Gasteiger partial charge in [0, 0.05) is 17.9 Å². The molecule has 7 nitrogen and oxygen atoms in total. The van der Waals surface area contributed by atoms with E-state index in [1.807, 2.05) is 32.9 Å². The van der Waals surface area contributed by atoms with Crippen LogP contribution >= 0.6 is 7.82 Å². The number of carbonyl (C=O) groups excluding carboxylic acids is 1. The van der Waals surface area contributed by atoms with Gasteiger partial charge < -0.3 is 24.2 Å².